The van der Waals surface area contributed by atoms with Gasteiger partial charge >= 0.3 is 0 Å². The standard InChI is InChI=1S/C19H22N6O/c26-19(14-23-11-9-20-15-23)24-10-8-18-22-21-17(25(18)13-12-24)7-6-16-4-2-1-3-5-16/h1-5,9,11,15H,6-8,10,12-14H2. The van der Waals surface area contributed by atoms with Gasteiger partial charge < -0.3 is 14.0 Å². The van der Waals surface area contributed by atoms with E-state index in [1.807, 2.05) is 17.2 Å². The SMILES string of the molecule is O=C(Cn1ccnc1)N1CCc2nnc(CCc3ccccc3)n2CC1. The predicted molar refractivity (Wildman–Crippen MR) is 96.4 cm³/mol. The highest BCUT2D eigenvalue weighted by molar-refractivity contribution is 5.76. The number of imidazole rings is 1. The van der Waals surface area contributed by atoms with Crippen LogP contribution in [0, 0.1) is 0 Å². The summed E-state index contributed by atoms with van der Waals surface area (Å²) in [6, 6.07) is 10.4. The Kier molecular flexibility index (Phi) is 4.77. The van der Waals surface area contributed by atoms with Crippen molar-refractivity contribution in [1.82, 2.24) is 29.2 Å². The molecular formula is C19H22N6O. The summed E-state index contributed by atoms with van der Waals surface area (Å²) in [5, 5.41) is 8.74. The van der Waals surface area contributed by atoms with Gasteiger partial charge in [0, 0.05) is 44.9 Å². The van der Waals surface area contributed by atoms with Gasteiger partial charge in [-0.25, -0.2) is 4.98 Å². The van der Waals surface area contributed by atoms with Gasteiger partial charge in [0.1, 0.15) is 18.2 Å². The van der Waals surface area contributed by atoms with Crippen molar-refractivity contribution in [2.45, 2.75) is 32.4 Å². The Bertz CT molecular complexity index is 856. The number of aryl methyl sites for hydroxylation is 2. The molecule has 1 aromatic carbocycles. The van der Waals surface area contributed by atoms with Crippen LogP contribution in [0.15, 0.2) is 49.1 Å². The number of rotatable bonds is 5. The molecule has 4 rings (SSSR count). The lowest BCUT2D eigenvalue weighted by Crippen LogP contribution is -2.36. The molecule has 134 valence electrons. The van der Waals surface area contributed by atoms with E-state index in [0.717, 1.165) is 37.5 Å². The van der Waals surface area contributed by atoms with Crippen LogP contribution in [0.5, 0.6) is 0 Å². The molecule has 0 spiro atoms. The van der Waals surface area contributed by atoms with E-state index in [4.69, 9.17) is 0 Å². The fraction of sp³-hybridized carbons (Fsp3) is 0.368. The molecule has 0 fully saturated rings. The molecule has 7 heteroatoms. The zero-order valence-corrected chi connectivity index (χ0v) is 14.7. The third kappa shape index (κ3) is 3.66. The van der Waals surface area contributed by atoms with Crippen LogP contribution in [0.2, 0.25) is 0 Å². The van der Waals surface area contributed by atoms with Crippen molar-refractivity contribution in [2.75, 3.05) is 13.1 Å². The summed E-state index contributed by atoms with van der Waals surface area (Å²) in [5.74, 6) is 2.10. The van der Waals surface area contributed by atoms with Gasteiger partial charge in [-0.3, -0.25) is 4.79 Å². The number of amides is 1. The minimum atomic E-state index is 0.118. The third-order valence-corrected chi connectivity index (χ3v) is 4.81. The van der Waals surface area contributed by atoms with Crippen LogP contribution in [0.4, 0.5) is 0 Å². The molecule has 0 atom stereocenters. The molecule has 26 heavy (non-hydrogen) atoms. The van der Waals surface area contributed by atoms with Crippen molar-refractivity contribution in [3.8, 4) is 0 Å². The smallest absolute Gasteiger partial charge is 0.242 e. The maximum absolute atomic E-state index is 12.5. The maximum Gasteiger partial charge on any atom is 0.242 e. The lowest BCUT2D eigenvalue weighted by molar-refractivity contribution is -0.131. The second kappa shape index (κ2) is 7.51. The molecule has 0 radical (unpaired) electrons. The first-order chi connectivity index (χ1) is 12.8. The first-order valence-corrected chi connectivity index (χ1v) is 8.98. The van der Waals surface area contributed by atoms with Crippen LogP contribution in [-0.2, 0) is 37.1 Å². The Morgan fingerprint density at radius 2 is 1.92 bits per heavy atom. The van der Waals surface area contributed by atoms with Crippen molar-refractivity contribution in [2.24, 2.45) is 0 Å². The summed E-state index contributed by atoms with van der Waals surface area (Å²) in [4.78, 5) is 18.4. The Balaban J connectivity index is 1.39. The number of carbonyl (C=O) groups is 1. The highest BCUT2D eigenvalue weighted by atomic mass is 16.2. The second-order valence-electron chi connectivity index (χ2n) is 6.54. The summed E-state index contributed by atoms with van der Waals surface area (Å²) < 4.78 is 3.99. The van der Waals surface area contributed by atoms with Gasteiger partial charge in [0.25, 0.3) is 0 Å². The van der Waals surface area contributed by atoms with Crippen molar-refractivity contribution in [3.63, 3.8) is 0 Å². The molecule has 0 saturated heterocycles. The Labute approximate surface area is 152 Å². The summed E-state index contributed by atoms with van der Waals surface area (Å²) in [5.41, 5.74) is 1.30. The topological polar surface area (TPSA) is 68.8 Å². The molecule has 7 nitrogen and oxygen atoms in total. The van der Waals surface area contributed by atoms with E-state index in [2.05, 4.69) is 44.0 Å². The molecule has 0 saturated carbocycles. The van der Waals surface area contributed by atoms with E-state index in [0.29, 0.717) is 19.6 Å². The van der Waals surface area contributed by atoms with Crippen molar-refractivity contribution >= 4 is 5.91 Å². The number of nitrogens with zero attached hydrogens (tertiary/aromatic N) is 6. The minimum Gasteiger partial charge on any atom is -0.339 e. The van der Waals surface area contributed by atoms with Gasteiger partial charge in [0.15, 0.2) is 0 Å². The lowest BCUT2D eigenvalue weighted by Gasteiger charge is -2.20. The number of fused-ring (bicyclic) bond motifs is 1. The maximum atomic E-state index is 12.5. The largest absolute Gasteiger partial charge is 0.339 e. The molecule has 0 aliphatic carbocycles. The van der Waals surface area contributed by atoms with Gasteiger partial charge in [-0.05, 0) is 12.0 Å². The van der Waals surface area contributed by atoms with Gasteiger partial charge in [-0.15, -0.1) is 10.2 Å². The quantitative estimate of drug-likeness (QED) is 0.696. The third-order valence-electron chi connectivity index (χ3n) is 4.81. The Hall–Kier alpha value is -2.96. The molecule has 0 N–H and O–H groups in total. The lowest BCUT2D eigenvalue weighted by atomic mass is 10.1. The molecule has 3 aromatic rings. The van der Waals surface area contributed by atoms with Crippen molar-refractivity contribution in [3.05, 3.63) is 66.3 Å². The van der Waals surface area contributed by atoms with E-state index in [1.165, 1.54) is 5.56 Å². The summed E-state index contributed by atoms with van der Waals surface area (Å²) in [6.45, 7) is 2.46. The van der Waals surface area contributed by atoms with Gasteiger partial charge in [-0.2, -0.15) is 0 Å². The Morgan fingerprint density at radius 3 is 2.73 bits per heavy atom. The fourth-order valence-electron chi connectivity index (χ4n) is 3.35. The number of aromatic nitrogens is 5. The van der Waals surface area contributed by atoms with Crippen molar-refractivity contribution in [1.29, 1.82) is 0 Å². The zero-order valence-electron chi connectivity index (χ0n) is 14.7. The van der Waals surface area contributed by atoms with Gasteiger partial charge in [0.05, 0.1) is 6.33 Å². The predicted octanol–water partition coefficient (Wildman–Crippen LogP) is 1.34. The van der Waals surface area contributed by atoms with E-state index in [9.17, 15) is 4.79 Å². The van der Waals surface area contributed by atoms with Crippen LogP contribution >= 0.6 is 0 Å². The van der Waals surface area contributed by atoms with E-state index in [1.54, 1.807) is 17.1 Å². The summed E-state index contributed by atoms with van der Waals surface area (Å²) in [6.07, 6.45) is 7.73. The first-order valence-electron chi connectivity index (χ1n) is 8.98. The van der Waals surface area contributed by atoms with Crippen LogP contribution in [0.25, 0.3) is 0 Å². The summed E-state index contributed by atoms with van der Waals surface area (Å²) in [7, 11) is 0. The monoisotopic (exact) mass is 350 g/mol. The molecular weight excluding hydrogens is 328 g/mol. The first kappa shape index (κ1) is 16.5. The van der Waals surface area contributed by atoms with Gasteiger partial charge in [-0.1, -0.05) is 30.3 Å². The molecule has 1 amide bonds. The zero-order chi connectivity index (χ0) is 17.8. The Morgan fingerprint density at radius 1 is 1.04 bits per heavy atom. The number of carbonyl (C=O) groups excluding carboxylic acids is 1. The van der Waals surface area contributed by atoms with E-state index in [-0.39, 0.29) is 5.91 Å². The number of hydrogen-bond acceptors (Lipinski definition) is 4. The molecule has 1 aliphatic rings. The van der Waals surface area contributed by atoms with Crippen LogP contribution in [0.3, 0.4) is 0 Å². The highest BCUT2D eigenvalue weighted by Gasteiger charge is 2.21. The average molecular weight is 350 g/mol. The number of hydrogen-bond donors (Lipinski definition) is 0. The molecule has 0 bridgehead atoms. The summed E-state index contributed by atoms with van der Waals surface area (Å²) >= 11 is 0. The molecule has 0 unspecified atom stereocenters. The van der Waals surface area contributed by atoms with Crippen LogP contribution in [0.1, 0.15) is 17.2 Å². The van der Waals surface area contributed by atoms with Crippen LogP contribution in [-0.4, -0.2) is 48.2 Å². The molecule has 2 aromatic heterocycles. The fourth-order valence-corrected chi connectivity index (χ4v) is 3.35. The normalized spacial score (nSPS) is 14.1. The number of benzene rings is 1. The van der Waals surface area contributed by atoms with E-state index < -0.39 is 0 Å². The second-order valence-corrected chi connectivity index (χ2v) is 6.54. The highest BCUT2D eigenvalue weighted by Crippen LogP contribution is 2.12. The van der Waals surface area contributed by atoms with Gasteiger partial charge in [0.2, 0.25) is 5.91 Å². The minimum absolute atomic E-state index is 0.118. The molecule has 3 heterocycles. The average Bonchev–Trinajstić information content (AvgIpc) is 3.26. The molecule has 1 aliphatic heterocycles. The van der Waals surface area contributed by atoms with Crippen LogP contribution < -0.4 is 0 Å². The van der Waals surface area contributed by atoms with E-state index >= 15 is 0 Å². The van der Waals surface area contributed by atoms with Crippen molar-refractivity contribution < 1.29 is 4.79 Å².